The van der Waals surface area contributed by atoms with E-state index in [0.717, 1.165) is 0 Å². The van der Waals surface area contributed by atoms with E-state index in [2.05, 4.69) is 10.3 Å². The number of amides is 1. The summed E-state index contributed by atoms with van der Waals surface area (Å²) >= 11 is 5.83. The minimum absolute atomic E-state index is 0.103. The Morgan fingerprint density at radius 1 is 1.23 bits per heavy atom. The van der Waals surface area contributed by atoms with Gasteiger partial charge in [0.25, 0.3) is 11.5 Å². The van der Waals surface area contributed by atoms with Crippen molar-refractivity contribution in [2.75, 3.05) is 6.54 Å². The van der Waals surface area contributed by atoms with Gasteiger partial charge in [0.05, 0.1) is 12.1 Å². The van der Waals surface area contributed by atoms with Gasteiger partial charge in [0.1, 0.15) is 17.0 Å². The SMILES string of the molecule is CC(O)(CNC(=O)c1cc2ccc(F)cc2[nH]c1=O)c1ccc(Cl)cc1. The van der Waals surface area contributed by atoms with Crippen molar-refractivity contribution in [2.24, 2.45) is 0 Å². The number of nitrogens with one attached hydrogen (secondary N) is 2. The summed E-state index contributed by atoms with van der Waals surface area (Å²) < 4.78 is 13.2. The molecular formula is C19H16ClFN2O3. The third kappa shape index (κ3) is 3.76. The zero-order chi connectivity index (χ0) is 18.9. The van der Waals surface area contributed by atoms with Gasteiger partial charge in [-0.05, 0) is 54.3 Å². The lowest BCUT2D eigenvalue weighted by molar-refractivity contribution is 0.0526. The largest absolute Gasteiger partial charge is 0.384 e. The number of aromatic nitrogens is 1. The Morgan fingerprint density at radius 3 is 2.62 bits per heavy atom. The molecule has 26 heavy (non-hydrogen) atoms. The minimum atomic E-state index is -1.34. The number of carbonyl (C=O) groups excluding carboxylic acids is 1. The molecule has 3 N–H and O–H groups in total. The van der Waals surface area contributed by atoms with Crippen LogP contribution in [0.2, 0.25) is 5.02 Å². The summed E-state index contributed by atoms with van der Waals surface area (Å²) in [4.78, 5) is 27.0. The molecule has 0 saturated heterocycles. The summed E-state index contributed by atoms with van der Waals surface area (Å²) in [6.45, 7) is 1.44. The average molecular weight is 375 g/mol. The van der Waals surface area contributed by atoms with Gasteiger partial charge in [0.15, 0.2) is 0 Å². The molecule has 0 fully saturated rings. The second-order valence-electron chi connectivity index (χ2n) is 6.21. The van der Waals surface area contributed by atoms with E-state index in [0.29, 0.717) is 21.5 Å². The smallest absolute Gasteiger partial charge is 0.261 e. The highest BCUT2D eigenvalue weighted by atomic mass is 35.5. The molecule has 0 aliphatic rings. The van der Waals surface area contributed by atoms with Gasteiger partial charge in [-0.1, -0.05) is 23.7 Å². The topological polar surface area (TPSA) is 82.2 Å². The van der Waals surface area contributed by atoms with E-state index in [4.69, 9.17) is 11.6 Å². The number of aliphatic hydroxyl groups is 1. The van der Waals surface area contributed by atoms with Crippen LogP contribution in [0.15, 0.2) is 53.3 Å². The van der Waals surface area contributed by atoms with Crippen LogP contribution in [0.4, 0.5) is 4.39 Å². The molecule has 0 saturated carbocycles. The molecule has 0 spiro atoms. The zero-order valence-corrected chi connectivity index (χ0v) is 14.6. The minimum Gasteiger partial charge on any atom is -0.384 e. The molecule has 2 aromatic carbocycles. The number of carbonyl (C=O) groups is 1. The average Bonchev–Trinajstić information content (AvgIpc) is 2.59. The highest BCUT2D eigenvalue weighted by molar-refractivity contribution is 6.30. The van der Waals surface area contributed by atoms with Crippen LogP contribution < -0.4 is 10.9 Å². The monoisotopic (exact) mass is 374 g/mol. The van der Waals surface area contributed by atoms with Crippen molar-refractivity contribution < 1.29 is 14.3 Å². The lowest BCUT2D eigenvalue weighted by Gasteiger charge is -2.24. The van der Waals surface area contributed by atoms with Crippen LogP contribution in [-0.2, 0) is 5.60 Å². The summed E-state index contributed by atoms with van der Waals surface area (Å²) in [5, 5.41) is 14.2. The quantitative estimate of drug-likeness (QED) is 0.656. The number of aromatic amines is 1. The fourth-order valence-electron chi connectivity index (χ4n) is 2.60. The molecule has 1 amide bonds. The van der Waals surface area contributed by atoms with Crippen LogP contribution in [0.1, 0.15) is 22.8 Å². The van der Waals surface area contributed by atoms with Crippen molar-refractivity contribution in [2.45, 2.75) is 12.5 Å². The predicted molar refractivity (Wildman–Crippen MR) is 97.9 cm³/mol. The molecule has 3 rings (SSSR count). The maximum Gasteiger partial charge on any atom is 0.261 e. The van der Waals surface area contributed by atoms with E-state index >= 15 is 0 Å². The third-order valence-corrected chi connectivity index (χ3v) is 4.36. The van der Waals surface area contributed by atoms with E-state index in [1.807, 2.05) is 0 Å². The first-order chi connectivity index (χ1) is 12.3. The lowest BCUT2D eigenvalue weighted by Crippen LogP contribution is -2.40. The van der Waals surface area contributed by atoms with Crippen LogP contribution in [0.25, 0.3) is 10.9 Å². The fourth-order valence-corrected chi connectivity index (χ4v) is 2.73. The lowest BCUT2D eigenvalue weighted by atomic mass is 9.96. The summed E-state index contributed by atoms with van der Waals surface area (Å²) in [5.74, 6) is -1.11. The predicted octanol–water partition coefficient (Wildman–Crippen LogP) is 2.96. The highest BCUT2D eigenvalue weighted by Gasteiger charge is 2.24. The second-order valence-corrected chi connectivity index (χ2v) is 6.64. The first-order valence-corrected chi connectivity index (χ1v) is 8.23. The first-order valence-electron chi connectivity index (χ1n) is 7.85. The van der Waals surface area contributed by atoms with E-state index in [1.165, 1.54) is 24.3 Å². The number of rotatable bonds is 4. The molecular weight excluding hydrogens is 359 g/mol. The Bertz CT molecular complexity index is 1030. The number of pyridine rings is 1. The van der Waals surface area contributed by atoms with Crippen molar-refractivity contribution in [3.05, 3.63) is 80.9 Å². The van der Waals surface area contributed by atoms with Crippen LogP contribution in [0.5, 0.6) is 0 Å². The molecule has 1 heterocycles. The molecule has 0 bridgehead atoms. The second kappa shape index (κ2) is 6.90. The van der Waals surface area contributed by atoms with Gasteiger partial charge in [0.2, 0.25) is 0 Å². The van der Waals surface area contributed by atoms with E-state index < -0.39 is 22.9 Å². The molecule has 1 unspecified atom stereocenters. The van der Waals surface area contributed by atoms with Crippen LogP contribution in [-0.4, -0.2) is 22.5 Å². The number of hydrogen-bond acceptors (Lipinski definition) is 3. The molecule has 7 heteroatoms. The van der Waals surface area contributed by atoms with Crippen LogP contribution in [0, 0.1) is 5.82 Å². The normalized spacial score (nSPS) is 13.4. The summed E-state index contributed by atoms with van der Waals surface area (Å²) in [6, 6.07) is 11.9. The van der Waals surface area contributed by atoms with Crippen molar-refractivity contribution in [1.29, 1.82) is 0 Å². The summed E-state index contributed by atoms with van der Waals surface area (Å²) in [7, 11) is 0. The molecule has 3 aromatic rings. The third-order valence-electron chi connectivity index (χ3n) is 4.11. The molecule has 134 valence electrons. The van der Waals surface area contributed by atoms with Crippen molar-refractivity contribution in [1.82, 2.24) is 10.3 Å². The van der Waals surface area contributed by atoms with Gasteiger partial charge in [-0.2, -0.15) is 0 Å². The van der Waals surface area contributed by atoms with Gasteiger partial charge in [-0.3, -0.25) is 9.59 Å². The molecule has 0 radical (unpaired) electrons. The number of benzene rings is 2. The molecule has 5 nitrogen and oxygen atoms in total. The maximum absolute atomic E-state index is 13.2. The van der Waals surface area contributed by atoms with Gasteiger partial charge < -0.3 is 15.4 Å². The molecule has 0 aliphatic carbocycles. The van der Waals surface area contributed by atoms with Crippen molar-refractivity contribution in [3.63, 3.8) is 0 Å². The Kier molecular flexibility index (Phi) is 4.80. The molecule has 1 atom stereocenters. The van der Waals surface area contributed by atoms with E-state index in [1.54, 1.807) is 31.2 Å². The fraction of sp³-hybridized carbons (Fsp3) is 0.158. The number of halogens is 2. The Labute approximate surface area is 153 Å². The van der Waals surface area contributed by atoms with Crippen molar-refractivity contribution >= 4 is 28.4 Å². The number of H-pyrrole nitrogens is 1. The standard InChI is InChI=1S/C19H16ClFN2O3/c1-19(26,12-3-5-13(20)6-4-12)10-22-17(24)15-8-11-2-7-14(21)9-16(11)23-18(15)25/h2-9,26H,10H2,1H3,(H,22,24)(H,23,25). The summed E-state index contributed by atoms with van der Waals surface area (Å²) in [6.07, 6.45) is 0. The van der Waals surface area contributed by atoms with Gasteiger partial charge >= 0.3 is 0 Å². The molecule has 0 aliphatic heterocycles. The highest BCUT2D eigenvalue weighted by Crippen LogP contribution is 2.22. The number of hydrogen-bond donors (Lipinski definition) is 3. The zero-order valence-electron chi connectivity index (χ0n) is 13.8. The Hall–Kier alpha value is -2.70. The van der Waals surface area contributed by atoms with E-state index in [-0.39, 0.29) is 12.1 Å². The van der Waals surface area contributed by atoms with Gasteiger partial charge in [-0.15, -0.1) is 0 Å². The molecule has 1 aromatic heterocycles. The summed E-state index contributed by atoms with van der Waals surface area (Å²) in [5.41, 5.74) is -1.21. The van der Waals surface area contributed by atoms with Gasteiger partial charge in [-0.25, -0.2) is 4.39 Å². The van der Waals surface area contributed by atoms with Crippen molar-refractivity contribution in [3.8, 4) is 0 Å². The van der Waals surface area contributed by atoms with Gasteiger partial charge in [0, 0.05) is 5.02 Å². The first kappa shape index (κ1) is 18.1. The number of fused-ring (bicyclic) bond motifs is 1. The Balaban J connectivity index is 1.80. The van der Waals surface area contributed by atoms with E-state index in [9.17, 15) is 19.1 Å². The Morgan fingerprint density at radius 2 is 1.92 bits per heavy atom. The van der Waals surface area contributed by atoms with Crippen LogP contribution >= 0.6 is 11.6 Å². The van der Waals surface area contributed by atoms with Crippen LogP contribution in [0.3, 0.4) is 0 Å². The maximum atomic E-state index is 13.2.